The average Bonchev–Trinajstić information content (AvgIpc) is 2.96. The van der Waals surface area contributed by atoms with Gasteiger partial charge < -0.3 is 9.05 Å². The Bertz CT molecular complexity index is 1020. The molecule has 0 bridgehead atoms. The van der Waals surface area contributed by atoms with Crippen molar-refractivity contribution >= 4 is 44.9 Å². The Morgan fingerprint density at radius 2 is 1.59 bits per heavy atom. The van der Waals surface area contributed by atoms with Gasteiger partial charge in [0.1, 0.15) is 11.5 Å². The summed E-state index contributed by atoms with van der Waals surface area (Å²) in [6, 6.07) is 14.5. The van der Waals surface area contributed by atoms with E-state index >= 15 is 0 Å². The molecule has 0 saturated carbocycles. The molecule has 2 aromatic carbocycles. The van der Waals surface area contributed by atoms with Crippen molar-refractivity contribution in [2.45, 2.75) is 52.0 Å². The maximum Gasteiger partial charge on any atom is 0.339 e. The van der Waals surface area contributed by atoms with Crippen molar-refractivity contribution in [2.24, 2.45) is 0 Å². The van der Waals surface area contributed by atoms with Gasteiger partial charge in [0.05, 0.1) is 12.2 Å². The van der Waals surface area contributed by atoms with Crippen LogP contribution in [-0.4, -0.2) is 12.2 Å². The molecule has 29 heavy (non-hydrogen) atoms. The third-order valence-corrected chi connectivity index (χ3v) is 9.54. The highest BCUT2D eigenvalue weighted by Crippen LogP contribution is 2.66. The highest BCUT2D eigenvalue weighted by molar-refractivity contribution is 9.10. The van der Waals surface area contributed by atoms with Gasteiger partial charge >= 0.3 is 7.60 Å². The van der Waals surface area contributed by atoms with Crippen LogP contribution in [0.25, 0.3) is 10.1 Å². The molecule has 1 aromatic heterocycles. The number of thiophene rings is 1. The van der Waals surface area contributed by atoms with Crippen LogP contribution < -0.4 is 0 Å². The molecule has 156 valence electrons. The first-order chi connectivity index (χ1) is 13.7. The Morgan fingerprint density at radius 1 is 1.00 bits per heavy atom. The lowest BCUT2D eigenvalue weighted by Gasteiger charge is -2.30. The smallest absolute Gasteiger partial charge is 0.305 e. The maximum absolute atomic E-state index is 14.5. The van der Waals surface area contributed by atoms with Gasteiger partial charge in [0.25, 0.3) is 0 Å². The molecule has 1 heterocycles. The first kappa shape index (κ1) is 22.6. The second kappa shape index (κ2) is 9.40. The average molecular weight is 499 g/mol. The molecule has 0 N–H and O–H groups in total. The monoisotopic (exact) mass is 498 g/mol. The van der Waals surface area contributed by atoms with Crippen LogP contribution in [-0.2, 0) is 20.0 Å². The molecule has 0 fully saturated rings. The molecule has 3 nitrogen and oxygen atoms in total. The number of fused-ring (bicyclic) bond motifs is 1. The highest BCUT2D eigenvalue weighted by atomic mass is 79.9. The van der Waals surface area contributed by atoms with E-state index in [9.17, 15) is 8.96 Å². The Kier molecular flexibility index (Phi) is 7.34. The van der Waals surface area contributed by atoms with Gasteiger partial charge in [-0.05, 0) is 67.7 Å². The lowest BCUT2D eigenvalue weighted by atomic mass is 10.1. The summed E-state index contributed by atoms with van der Waals surface area (Å²) in [5, 5.41) is 1.03. The predicted molar refractivity (Wildman–Crippen MR) is 122 cm³/mol. The van der Waals surface area contributed by atoms with Crippen LogP contribution in [0.4, 0.5) is 4.39 Å². The van der Waals surface area contributed by atoms with E-state index < -0.39 is 13.3 Å². The van der Waals surface area contributed by atoms with E-state index in [2.05, 4.69) is 15.9 Å². The second-order valence-corrected chi connectivity index (χ2v) is 11.4. The minimum absolute atomic E-state index is 0.217. The number of halogens is 2. The summed E-state index contributed by atoms with van der Waals surface area (Å²) >= 11 is 5.23. The zero-order valence-electron chi connectivity index (χ0n) is 16.9. The van der Waals surface area contributed by atoms with Crippen molar-refractivity contribution in [3.63, 3.8) is 0 Å². The fraction of sp³-hybridized carbons (Fsp3) is 0.364. The summed E-state index contributed by atoms with van der Waals surface area (Å²) in [4.78, 5) is 0.846. The molecular formula is C22H25BrFO3PS. The molecule has 0 spiro atoms. The minimum atomic E-state index is -3.62. The normalized spacial score (nSPS) is 13.5. The van der Waals surface area contributed by atoms with Crippen molar-refractivity contribution in [3.05, 3.63) is 69.3 Å². The molecule has 1 atom stereocenters. The van der Waals surface area contributed by atoms with E-state index in [0.717, 1.165) is 19.4 Å². The summed E-state index contributed by atoms with van der Waals surface area (Å²) in [5.74, 6) is -0.324. The minimum Gasteiger partial charge on any atom is -0.305 e. The van der Waals surface area contributed by atoms with E-state index in [4.69, 9.17) is 9.05 Å². The van der Waals surface area contributed by atoms with Crippen molar-refractivity contribution in [2.75, 3.05) is 0 Å². The van der Waals surface area contributed by atoms with E-state index in [1.54, 1.807) is 18.2 Å². The summed E-state index contributed by atoms with van der Waals surface area (Å²) in [5.41, 5.74) is -0.141. The summed E-state index contributed by atoms with van der Waals surface area (Å²) < 4.78 is 42.4. The van der Waals surface area contributed by atoms with Crippen molar-refractivity contribution in [1.82, 2.24) is 0 Å². The van der Waals surface area contributed by atoms with Crippen molar-refractivity contribution in [3.8, 4) is 0 Å². The number of hydrogen-bond donors (Lipinski definition) is 0. The molecule has 0 saturated heterocycles. The third kappa shape index (κ3) is 5.18. The molecular weight excluding hydrogens is 474 g/mol. The summed E-state index contributed by atoms with van der Waals surface area (Å²) in [6.07, 6.45) is -0.374. The summed E-state index contributed by atoms with van der Waals surface area (Å²) in [7, 11) is -3.62. The molecule has 0 radical (unpaired) electrons. The topological polar surface area (TPSA) is 35.5 Å². The van der Waals surface area contributed by atoms with Gasteiger partial charge in [0.2, 0.25) is 0 Å². The summed E-state index contributed by atoms with van der Waals surface area (Å²) in [6.45, 7) is 7.32. The van der Waals surface area contributed by atoms with Gasteiger partial charge in [-0.1, -0.05) is 36.4 Å². The van der Waals surface area contributed by atoms with Gasteiger partial charge in [0.15, 0.2) is 0 Å². The first-order valence-corrected chi connectivity index (χ1v) is 12.8. The van der Waals surface area contributed by atoms with E-state index in [0.29, 0.717) is 5.56 Å². The molecule has 1 unspecified atom stereocenters. The number of hydrogen-bond acceptors (Lipinski definition) is 4. The van der Waals surface area contributed by atoms with Gasteiger partial charge in [0, 0.05) is 19.4 Å². The quantitative estimate of drug-likeness (QED) is 0.294. The van der Waals surface area contributed by atoms with Crippen molar-refractivity contribution in [1.29, 1.82) is 0 Å². The van der Waals surface area contributed by atoms with Crippen LogP contribution in [0, 0.1) is 5.82 Å². The standard InChI is InChI=1S/C22H25BrFO3PS/c1-14(2)26-28(25,27-15(3)4)19(13-16-9-5-7-11-18(16)24)22-21(23)17-10-6-8-12-20(17)29-22/h5-12,14-15,19H,13H2,1-4H3. The van der Waals surface area contributed by atoms with Crippen LogP contribution in [0.1, 0.15) is 43.8 Å². The van der Waals surface area contributed by atoms with Crippen LogP contribution in [0.3, 0.4) is 0 Å². The Hall–Kier alpha value is -1.04. The highest BCUT2D eigenvalue weighted by Gasteiger charge is 2.41. The van der Waals surface area contributed by atoms with Gasteiger partial charge in [-0.15, -0.1) is 11.3 Å². The van der Waals surface area contributed by atoms with Gasteiger partial charge in [-0.3, -0.25) is 4.57 Å². The SMILES string of the molecule is CC(C)OP(=O)(OC(C)C)C(Cc1ccccc1F)c1sc2ccccc2c1Br. The lowest BCUT2D eigenvalue weighted by Crippen LogP contribution is -2.15. The molecule has 3 aromatic rings. The third-order valence-electron chi connectivity index (χ3n) is 4.33. The van der Waals surface area contributed by atoms with Gasteiger partial charge in [-0.25, -0.2) is 4.39 Å². The number of benzene rings is 2. The van der Waals surface area contributed by atoms with Gasteiger partial charge in [-0.2, -0.15) is 0 Å². The molecule has 7 heteroatoms. The first-order valence-electron chi connectivity index (χ1n) is 9.58. The Morgan fingerprint density at radius 3 is 2.17 bits per heavy atom. The predicted octanol–water partition coefficient (Wildman–Crippen LogP) is 8.13. The number of rotatable bonds is 8. The van der Waals surface area contributed by atoms with Crippen LogP contribution in [0.2, 0.25) is 0 Å². The van der Waals surface area contributed by atoms with E-state index in [-0.39, 0.29) is 24.4 Å². The van der Waals surface area contributed by atoms with Crippen LogP contribution in [0.5, 0.6) is 0 Å². The lowest BCUT2D eigenvalue weighted by molar-refractivity contribution is 0.136. The fourth-order valence-electron chi connectivity index (χ4n) is 3.23. The molecule has 0 aliphatic rings. The largest absolute Gasteiger partial charge is 0.339 e. The second-order valence-electron chi connectivity index (χ2n) is 7.44. The molecule has 0 amide bonds. The Balaban J connectivity index is 2.18. The fourth-order valence-corrected chi connectivity index (χ4v) is 8.38. The zero-order chi connectivity index (χ0) is 21.2. The van der Waals surface area contributed by atoms with Crippen LogP contribution in [0.15, 0.2) is 53.0 Å². The maximum atomic E-state index is 14.5. The van der Waals surface area contributed by atoms with E-state index in [1.165, 1.54) is 17.4 Å². The molecule has 0 aliphatic carbocycles. The molecule has 0 aliphatic heterocycles. The molecule has 3 rings (SSSR count). The van der Waals surface area contributed by atoms with Crippen LogP contribution >= 0.6 is 34.9 Å². The van der Waals surface area contributed by atoms with Crippen molar-refractivity contribution < 1.29 is 18.0 Å². The Labute approximate surface area is 183 Å². The zero-order valence-corrected chi connectivity index (χ0v) is 20.2. The van der Waals surface area contributed by atoms with E-state index in [1.807, 2.05) is 52.0 Å².